The number of hydrogen-bond donors (Lipinski definition) is 1. The monoisotopic (exact) mass is 310 g/mol. The molecular weight excluding hydrogens is 284 g/mol. The Morgan fingerprint density at radius 2 is 1.76 bits per heavy atom. The van der Waals surface area contributed by atoms with E-state index in [-0.39, 0.29) is 0 Å². The van der Waals surface area contributed by atoms with Crippen molar-refractivity contribution in [3.05, 3.63) is 24.3 Å². The summed E-state index contributed by atoms with van der Waals surface area (Å²) in [5, 5.41) is 3.26. The van der Waals surface area contributed by atoms with Gasteiger partial charge in [0, 0.05) is 25.3 Å². The first kappa shape index (κ1) is 16.3. The zero-order valence-corrected chi connectivity index (χ0v) is 13.8. The van der Waals surface area contributed by atoms with Crippen LogP contribution in [0.3, 0.4) is 0 Å². The summed E-state index contributed by atoms with van der Waals surface area (Å²) >= 11 is 0. The highest BCUT2D eigenvalue weighted by molar-refractivity contribution is 7.89. The zero-order chi connectivity index (χ0) is 15.3. The molecule has 0 aromatic heterocycles. The molecule has 1 heterocycles. The van der Waals surface area contributed by atoms with E-state index in [0.29, 0.717) is 23.9 Å². The fraction of sp³-hybridized carbons (Fsp3) is 0.625. The van der Waals surface area contributed by atoms with Crippen LogP contribution in [0.15, 0.2) is 29.2 Å². The molecule has 1 fully saturated rings. The van der Waals surface area contributed by atoms with Gasteiger partial charge >= 0.3 is 0 Å². The lowest BCUT2D eigenvalue weighted by Crippen LogP contribution is -2.38. The van der Waals surface area contributed by atoms with Gasteiger partial charge < -0.3 is 5.32 Å². The Morgan fingerprint density at radius 1 is 1.14 bits per heavy atom. The van der Waals surface area contributed by atoms with Crippen LogP contribution < -0.4 is 5.32 Å². The Morgan fingerprint density at radius 3 is 2.29 bits per heavy atom. The minimum atomic E-state index is -3.33. The van der Waals surface area contributed by atoms with Crippen LogP contribution in [-0.4, -0.2) is 32.4 Å². The van der Waals surface area contributed by atoms with Gasteiger partial charge in [0.25, 0.3) is 0 Å². The number of nitrogens with zero attached hydrogens (tertiary/aromatic N) is 1. The molecule has 1 N–H and O–H groups in total. The molecular formula is C16H26N2O2S. The quantitative estimate of drug-likeness (QED) is 0.877. The summed E-state index contributed by atoms with van der Waals surface area (Å²) in [6.45, 7) is 6.48. The van der Waals surface area contributed by atoms with Crippen molar-refractivity contribution in [2.24, 2.45) is 5.92 Å². The van der Waals surface area contributed by atoms with Crippen molar-refractivity contribution in [2.75, 3.05) is 25.0 Å². The molecule has 2 rings (SSSR count). The third-order valence-corrected chi connectivity index (χ3v) is 6.13. The summed E-state index contributed by atoms with van der Waals surface area (Å²) in [7, 11) is -3.33. The van der Waals surface area contributed by atoms with Gasteiger partial charge in [-0.15, -0.1) is 0 Å². The van der Waals surface area contributed by atoms with Crippen molar-refractivity contribution in [1.29, 1.82) is 0 Å². The molecule has 1 aliphatic rings. The fourth-order valence-corrected chi connectivity index (χ4v) is 4.19. The molecule has 1 saturated heterocycles. The van der Waals surface area contributed by atoms with Crippen molar-refractivity contribution >= 4 is 15.7 Å². The van der Waals surface area contributed by atoms with E-state index in [4.69, 9.17) is 0 Å². The third kappa shape index (κ3) is 3.98. The number of hydrogen-bond acceptors (Lipinski definition) is 3. The van der Waals surface area contributed by atoms with Gasteiger partial charge in [-0.05, 0) is 49.4 Å². The van der Waals surface area contributed by atoms with Crippen LogP contribution in [0, 0.1) is 5.92 Å². The molecule has 0 saturated carbocycles. The maximum Gasteiger partial charge on any atom is 0.243 e. The molecule has 118 valence electrons. The van der Waals surface area contributed by atoms with Gasteiger partial charge in [0.2, 0.25) is 10.0 Å². The number of nitrogens with one attached hydrogen (secondary N) is 1. The third-order valence-electron chi connectivity index (χ3n) is 4.22. The summed E-state index contributed by atoms with van der Waals surface area (Å²) in [6.07, 6.45) is 4.15. The van der Waals surface area contributed by atoms with Gasteiger partial charge in [-0.1, -0.05) is 20.3 Å². The number of benzene rings is 1. The largest absolute Gasteiger partial charge is 0.385 e. The summed E-state index contributed by atoms with van der Waals surface area (Å²) in [5.74, 6) is 0.678. The number of piperidine rings is 1. The second kappa shape index (κ2) is 7.27. The van der Waals surface area contributed by atoms with Gasteiger partial charge in [0.15, 0.2) is 0 Å². The average Bonchev–Trinajstić information content (AvgIpc) is 2.53. The van der Waals surface area contributed by atoms with Crippen LogP contribution >= 0.6 is 0 Å². The summed E-state index contributed by atoms with van der Waals surface area (Å²) < 4.78 is 26.9. The SMILES string of the molecule is CCCNc1ccc(S(=O)(=O)N2CCC(CC)CC2)cc1. The Balaban J connectivity index is 2.05. The van der Waals surface area contributed by atoms with Crippen molar-refractivity contribution in [3.8, 4) is 0 Å². The normalized spacial score (nSPS) is 17.8. The molecule has 0 amide bonds. The van der Waals surface area contributed by atoms with Crippen LogP contribution in [0.1, 0.15) is 39.5 Å². The Labute approximate surface area is 128 Å². The molecule has 21 heavy (non-hydrogen) atoms. The minimum Gasteiger partial charge on any atom is -0.385 e. The van der Waals surface area contributed by atoms with Crippen molar-refractivity contribution in [3.63, 3.8) is 0 Å². The molecule has 0 unspecified atom stereocenters. The first-order valence-corrected chi connectivity index (χ1v) is 9.36. The lowest BCUT2D eigenvalue weighted by atomic mass is 9.96. The lowest BCUT2D eigenvalue weighted by Gasteiger charge is -2.30. The first-order valence-electron chi connectivity index (χ1n) is 7.92. The van der Waals surface area contributed by atoms with E-state index in [1.807, 2.05) is 12.1 Å². The zero-order valence-electron chi connectivity index (χ0n) is 13.0. The predicted octanol–water partition coefficient (Wildman–Crippen LogP) is 3.32. The summed E-state index contributed by atoms with van der Waals surface area (Å²) in [4.78, 5) is 0.402. The molecule has 5 heteroatoms. The topological polar surface area (TPSA) is 49.4 Å². The molecule has 1 aromatic carbocycles. The van der Waals surface area contributed by atoms with E-state index in [1.54, 1.807) is 16.4 Å². The smallest absolute Gasteiger partial charge is 0.243 e. The van der Waals surface area contributed by atoms with E-state index in [2.05, 4.69) is 19.2 Å². The highest BCUT2D eigenvalue weighted by Crippen LogP contribution is 2.25. The summed E-state index contributed by atoms with van der Waals surface area (Å²) in [6, 6.07) is 7.11. The average molecular weight is 310 g/mol. The molecule has 4 nitrogen and oxygen atoms in total. The lowest BCUT2D eigenvalue weighted by molar-refractivity contribution is 0.269. The van der Waals surface area contributed by atoms with E-state index < -0.39 is 10.0 Å². The van der Waals surface area contributed by atoms with Crippen LogP contribution in [-0.2, 0) is 10.0 Å². The van der Waals surface area contributed by atoms with Crippen molar-refractivity contribution in [2.45, 2.75) is 44.4 Å². The Kier molecular flexibility index (Phi) is 5.65. The van der Waals surface area contributed by atoms with Gasteiger partial charge in [-0.25, -0.2) is 8.42 Å². The Bertz CT molecular complexity index is 532. The van der Waals surface area contributed by atoms with Crippen molar-refractivity contribution in [1.82, 2.24) is 4.31 Å². The van der Waals surface area contributed by atoms with Gasteiger partial charge in [-0.3, -0.25) is 0 Å². The van der Waals surface area contributed by atoms with E-state index in [1.165, 1.54) is 0 Å². The first-order chi connectivity index (χ1) is 10.1. The van der Waals surface area contributed by atoms with Gasteiger partial charge in [-0.2, -0.15) is 4.31 Å². The fourth-order valence-electron chi connectivity index (χ4n) is 2.72. The van der Waals surface area contributed by atoms with Gasteiger partial charge in [0.05, 0.1) is 4.90 Å². The standard InChI is InChI=1S/C16H26N2O2S/c1-3-11-17-15-5-7-16(8-6-15)21(19,20)18-12-9-14(4-2)10-13-18/h5-8,14,17H,3-4,9-13H2,1-2H3. The molecule has 1 aromatic rings. The van der Waals surface area contributed by atoms with Gasteiger partial charge in [0.1, 0.15) is 0 Å². The van der Waals surface area contributed by atoms with E-state index >= 15 is 0 Å². The number of anilines is 1. The number of sulfonamides is 1. The highest BCUT2D eigenvalue weighted by atomic mass is 32.2. The second-order valence-corrected chi connectivity index (χ2v) is 7.64. The molecule has 0 aliphatic carbocycles. The van der Waals surface area contributed by atoms with Crippen LogP contribution in [0.5, 0.6) is 0 Å². The van der Waals surface area contributed by atoms with Crippen LogP contribution in [0.25, 0.3) is 0 Å². The number of rotatable bonds is 6. The maximum atomic E-state index is 12.6. The van der Waals surface area contributed by atoms with Crippen molar-refractivity contribution < 1.29 is 8.42 Å². The van der Waals surface area contributed by atoms with Crippen LogP contribution in [0.2, 0.25) is 0 Å². The van der Waals surface area contributed by atoms with E-state index in [9.17, 15) is 8.42 Å². The molecule has 0 radical (unpaired) electrons. The minimum absolute atomic E-state index is 0.402. The van der Waals surface area contributed by atoms with E-state index in [0.717, 1.165) is 37.9 Å². The Hall–Kier alpha value is -1.07. The molecule has 0 bridgehead atoms. The molecule has 0 atom stereocenters. The predicted molar refractivity (Wildman–Crippen MR) is 87.0 cm³/mol. The maximum absolute atomic E-state index is 12.6. The second-order valence-electron chi connectivity index (χ2n) is 5.71. The van der Waals surface area contributed by atoms with Crippen LogP contribution in [0.4, 0.5) is 5.69 Å². The highest BCUT2D eigenvalue weighted by Gasteiger charge is 2.28. The molecule has 0 spiro atoms. The molecule has 1 aliphatic heterocycles. The summed E-state index contributed by atoms with van der Waals surface area (Å²) in [5.41, 5.74) is 0.973.